The zero-order chi connectivity index (χ0) is 15.7. The van der Waals surface area contributed by atoms with Crippen LogP contribution in [0.4, 0.5) is 8.78 Å². The first-order valence-electron chi connectivity index (χ1n) is 5.69. The molecule has 0 saturated heterocycles. The standard InChI is InChI=1S/C12H11BrF2N4O2/c1-5-9(11(16)18-20)12(19(2)17-5)21-8-4-6(13)3-7(14)10(8)15/h3-4,20H,1-2H3,(H2,16,18). The van der Waals surface area contributed by atoms with Gasteiger partial charge in [-0.2, -0.15) is 9.49 Å². The fourth-order valence-corrected chi connectivity index (χ4v) is 2.22. The number of aromatic nitrogens is 2. The summed E-state index contributed by atoms with van der Waals surface area (Å²) in [5.41, 5.74) is 6.16. The van der Waals surface area contributed by atoms with Gasteiger partial charge in [-0.05, 0) is 19.1 Å². The lowest BCUT2D eigenvalue weighted by molar-refractivity contribution is 0.318. The Morgan fingerprint density at radius 3 is 2.76 bits per heavy atom. The SMILES string of the molecule is Cc1nn(C)c(Oc2cc(Br)cc(F)c2F)c1/C(N)=N/O. The third-order valence-corrected chi connectivity index (χ3v) is 3.16. The van der Waals surface area contributed by atoms with E-state index in [-0.39, 0.29) is 23.0 Å². The molecule has 9 heteroatoms. The molecule has 0 saturated carbocycles. The van der Waals surface area contributed by atoms with Gasteiger partial charge in [-0.25, -0.2) is 9.07 Å². The third-order valence-electron chi connectivity index (χ3n) is 2.70. The number of benzene rings is 1. The highest BCUT2D eigenvalue weighted by Gasteiger charge is 2.21. The lowest BCUT2D eigenvalue weighted by atomic mass is 10.2. The average Bonchev–Trinajstić information content (AvgIpc) is 2.69. The largest absolute Gasteiger partial charge is 0.435 e. The third kappa shape index (κ3) is 2.82. The van der Waals surface area contributed by atoms with E-state index in [1.165, 1.54) is 17.8 Å². The molecule has 0 aliphatic rings. The van der Waals surface area contributed by atoms with Crippen LogP contribution in [0.1, 0.15) is 11.3 Å². The molecule has 0 unspecified atom stereocenters. The van der Waals surface area contributed by atoms with Gasteiger partial charge in [0.15, 0.2) is 17.4 Å². The Bertz CT molecular complexity index is 731. The van der Waals surface area contributed by atoms with Crippen molar-refractivity contribution in [1.82, 2.24) is 9.78 Å². The van der Waals surface area contributed by atoms with Crippen LogP contribution in [-0.4, -0.2) is 20.8 Å². The van der Waals surface area contributed by atoms with Crippen LogP contribution in [0, 0.1) is 18.6 Å². The van der Waals surface area contributed by atoms with Crippen LogP contribution < -0.4 is 10.5 Å². The molecular formula is C12H11BrF2N4O2. The van der Waals surface area contributed by atoms with Gasteiger partial charge in [-0.15, -0.1) is 0 Å². The lowest BCUT2D eigenvalue weighted by Crippen LogP contribution is -2.15. The molecule has 0 fully saturated rings. The molecule has 0 amide bonds. The predicted octanol–water partition coefficient (Wildman–Crippen LogP) is 2.66. The molecule has 1 heterocycles. The minimum Gasteiger partial charge on any atom is -0.435 e. The minimum absolute atomic E-state index is 0.0270. The molecule has 0 spiro atoms. The van der Waals surface area contributed by atoms with Gasteiger partial charge in [0.25, 0.3) is 0 Å². The van der Waals surface area contributed by atoms with Crippen molar-refractivity contribution in [2.45, 2.75) is 6.92 Å². The lowest BCUT2D eigenvalue weighted by Gasteiger charge is -2.10. The summed E-state index contributed by atoms with van der Waals surface area (Å²) in [5, 5.41) is 15.7. The zero-order valence-electron chi connectivity index (χ0n) is 11.1. The Kier molecular flexibility index (Phi) is 4.12. The Morgan fingerprint density at radius 1 is 1.48 bits per heavy atom. The second-order valence-electron chi connectivity index (χ2n) is 4.18. The normalized spacial score (nSPS) is 11.8. The first-order chi connectivity index (χ1) is 9.85. The Morgan fingerprint density at radius 2 is 2.14 bits per heavy atom. The topological polar surface area (TPSA) is 85.7 Å². The van der Waals surface area contributed by atoms with Gasteiger partial charge in [0, 0.05) is 11.5 Å². The molecule has 2 aromatic rings. The predicted molar refractivity (Wildman–Crippen MR) is 74.6 cm³/mol. The van der Waals surface area contributed by atoms with Gasteiger partial charge in [0.1, 0.15) is 5.56 Å². The summed E-state index contributed by atoms with van der Waals surface area (Å²) in [6.45, 7) is 1.61. The van der Waals surface area contributed by atoms with E-state index in [1.54, 1.807) is 6.92 Å². The van der Waals surface area contributed by atoms with E-state index < -0.39 is 11.6 Å². The van der Waals surface area contributed by atoms with E-state index in [2.05, 4.69) is 26.2 Å². The van der Waals surface area contributed by atoms with Crippen molar-refractivity contribution in [2.24, 2.45) is 17.9 Å². The molecule has 21 heavy (non-hydrogen) atoms. The molecular weight excluding hydrogens is 350 g/mol. The van der Waals surface area contributed by atoms with E-state index in [9.17, 15) is 8.78 Å². The Balaban J connectivity index is 2.55. The van der Waals surface area contributed by atoms with Crippen LogP contribution in [-0.2, 0) is 7.05 Å². The van der Waals surface area contributed by atoms with E-state index in [4.69, 9.17) is 15.7 Å². The van der Waals surface area contributed by atoms with Crippen LogP contribution in [0.2, 0.25) is 0 Å². The second kappa shape index (κ2) is 5.68. The van der Waals surface area contributed by atoms with Gasteiger partial charge in [0.2, 0.25) is 11.7 Å². The highest BCUT2D eigenvalue weighted by Crippen LogP contribution is 2.32. The molecule has 1 aromatic heterocycles. The average molecular weight is 361 g/mol. The molecule has 0 aliphatic carbocycles. The number of oxime groups is 1. The fourth-order valence-electron chi connectivity index (χ4n) is 1.81. The smallest absolute Gasteiger partial charge is 0.229 e. The van der Waals surface area contributed by atoms with Crippen molar-refractivity contribution in [3.63, 3.8) is 0 Å². The fraction of sp³-hybridized carbons (Fsp3) is 0.167. The van der Waals surface area contributed by atoms with Crippen molar-refractivity contribution in [3.8, 4) is 11.6 Å². The number of hydrogen-bond donors (Lipinski definition) is 2. The van der Waals surface area contributed by atoms with Crippen LogP contribution in [0.25, 0.3) is 0 Å². The number of nitrogens with zero attached hydrogens (tertiary/aromatic N) is 3. The number of nitrogens with two attached hydrogens (primary N) is 1. The summed E-state index contributed by atoms with van der Waals surface area (Å²) in [7, 11) is 1.53. The monoisotopic (exact) mass is 360 g/mol. The van der Waals surface area contributed by atoms with Gasteiger partial charge < -0.3 is 15.7 Å². The molecule has 0 atom stereocenters. The molecule has 6 nitrogen and oxygen atoms in total. The Labute approximate surface area is 126 Å². The van der Waals surface area contributed by atoms with Gasteiger partial charge >= 0.3 is 0 Å². The van der Waals surface area contributed by atoms with Gasteiger partial charge in [-0.1, -0.05) is 21.1 Å². The van der Waals surface area contributed by atoms with Crippen molar-refractivity contribution in [2.75, 3.05) is 0 Å². The van der Waals surface area contributed by atoms with E-state index >= 15 is 0 Å². The second-order valence-corrected chi connectivity index (χ2v) is 5.09. The van der Waals surface area contributed by atoms with Crippen LogP contribution in [0.15, 0.2) is 21.8 Å². The summed E-state index contributed by atoms with van der Waals surface area (Å²) >= 11 is 3.05. The van der Waals surface area contributed by atoms with Gasteiger partial charge in [0.05, 0.1) is 5.69 Å². The quantitative estimate of drug-likeness (QED) is 0.289. The molecule has 0 radical (unpaired) electrons. The molecule has 112 valence electrons. The summed E-state index contributed by atoms with van der Waals surface area (Å²) < 4.78 is 34.1. The molecule has 3 N–H and O–H groups in total. The van der Waals surface area contributed by atoms with Crippen molar-refractivity contribution < 1.29 is 18.7 Å². The minimum atomic E-state index is -1.15. The highest BCUT2D eigenvalue weighted by molar-refractivity contribution is 9.10. The van der Waals surface area contributed by atoms with Crippen molar-refractivity contribution >= 4 is 21.8 Å². The van der Waals surface area contributed by atoms with E-state index in [0.717, 1.165) is 6.07 Å². The number of hydrogen-bond acceptors (Lipinski definition) is 4. The maximum absolute atomic E-state index is 13.8. The first-order valence-corrected chi connectivity index (χ1v) is 6.48. The van der Waals surface area contributed by atoms with Crippen LogP contribution >= 0.6 is 15.9 Å². The maximum Gasteiger partial charge on any atom is 0.229 e. The molecule has 0 bridgehead atoms. The van der Waals surface area contributed by atoms with Crippen LogP contribution in [0.5, 0.6) is 11.6 Å². The highest BCUT2D eigenvalue weighted by atomic mass is 79.9. The van der Waals surface area contributed by atoms with Crippen molar-refractivity contribution in [1.29, 1.82) is 0 Å². The first kappa shape index (κ1) is 15.2. The zero-order valence-corrected chi connectivity index (χ0v) is 12.6. The Hall–Kier alpha value is -2.16. The summed E-state index contributed by atoms with van der Waals surface area (Å²) in [4.78, 5) is 0. The number of ether oxygens (including phenoxy) is 1. The van der Waals surface area contributed by atoms with Crippen molar-refractivity contribution in [3.05, 3.63) is 39.5 Å². The number of amidine groups is 1. The van der Waals surface area contributed by atoms with E-state index in [0.29, 0.717) is 10.2 Å². The number of aryl methyl sites for hydroxylation is 2. The van der Waals surface area contributed by atoms with Crippen LogP contribution in [0.3, 0.4) is 0 Å². The molecule has 1 aromatic carbocycles. The summed E-state index contributed by atoms with van der Waals surface area (Å²) in [6.07, 6.45) is 0. The number of rotatable bonds is 3. The molecule has 0 aliphatic heterocycles. The molecule has 2 rings (SSSR count). The number of halogens is 3. The summed E-state index contributed by atoms with van der Waals surface area (Å²) in [5.74, 6) is -2.78. The van der Waals surface area contributed by atoms with E-state index in [1.807, 2.05) is 0 Å². The maximum atomic E-state index is 13.8. The van der Waals surface area contributed by atoms with Gasteiger partial charge in [-0.3, -0.25) is 0 Å². The summed E-state index contributed by atoms with van der Waals surface area (Å²) in [6, 6.07) is 2.23.